The van der Waals surface area contributed by atoms with Crippen LogP contribution >= 0.6 is 15.9 Å². The van der Waals surface area contributed by atoms with Gasteiger partial charge in [0, 0.05) is 53.9 Å². The summed E-state index contributed by atoms with van der Waals surface area (Å²) in [5.74, 6) is 0.0934. The Labute approximate surface area is 161 Å². The normalized spacial score (nSPS) is 14.9. The molecule has 1 aliphatic rings. The van der Waals surface area contributed by atoms with Crippen molar-refractivity contribution >= 4 is 27.7 Å². The summed E-state index contributed by atoms with van der Waals surface area (Å²) in [6.45, 7) is 1.83. The SMILES string of the molecule is O=C(NCCc1ccccn1)C1CCN(C(=O)c2ccc(Br)cc2)CC1. The van der Waals surface area contributed by atoms with Crippen molar-refractivity contribution in [2.75, 3.05) is 19.6 Å². The topological polar surface area (TPSA) is 62.3 Å². The van der Waals surface area contributed by atoms with E-state index < -0.39 is 0 Å². The van der Waals surface area contributed by atoms with Crippen molar-refractivity contribution in [1.29, 1.82) is 0 Å². The van der Waals surface area contributed by atoms with Gasteiger partial charge in [-0.2, -0.15) is 0 Å². The maximum atomic E-state index is 12.5. The number of hydrogen-bond donors (Lipinski definition) is 1. The fourth-order valence-electron chi connectivity index (χ4n) is 3.12. The fraction of sp³-hybridized carbons (Fsp3) is 0.350. The van der Waals surface area contributed by atoms with Gasteiger partial charge in [-0.1, -0.05) is 22.0 Å². The third-order valence-corrected chi connectivity index (χ3v) is 5.18. The van der Waals surface area contributed by atoms with Gasteiger partial charge in [0.05, 0.1) is 0 Å². The number of rotatable bonds is 5. The Morgan fingerprint density at radius 1 is 1.12 bits per heavy atom. The van der Waals surface area contributed by atoms with Crippen molar-refractivity contribution in [3.8, 4) is 0 Å². The van der Waals surface area contributed by atoms with E-state index in [-0.39, 0.29) is 17.7 Å². The molecule has 0 atom stereocenters. The predicted molar refractivity (Wildman–Crippen MR) is 104 cm³/mol. The predicted octanol–water partition coefficient (Wildman–Crippen LogP) is 3.06. The van der Waals surface area contributed by atoms with Crippen LogP contribution < -0.4 is 5.32 Å². The molecule has 0 bridgehead atoms. The van der Waals surface area contributed by atoms with Gasteiger partial charge in [0.1, 0.15) is 0 Å². The van der Waals surface area contributed by atoms with Gasteiger partial charge in [0.25, 0.3) is 5.91 Å². The lowest BCUT2D eigenvalue weighted by molar-refractivity contribution is -0.126. The number of halogens is 1. The lowest BCUT2D eigenvalue weighted by atomic mass is 9.95. The lowest BCUT2D eigenvalue weighted by Crippen LogP contribution is -2.43. The summed E-state index contributed by atoms with van der Waals surface area (Å²) in [6.07, 6.45) is 3.90. The van der Waals surface area contributed by atoms with Gasteiger partial charge in [-0.25, -0.2) is 0 Å². The highest BCUT2D eigenvalue weighted by Crippen LogP contribution is 2.20. The molecule has 0 radical (unpaired) electrons. The first kappa shape index (κ1) is 18.6. The van der Waals surface area contributed by atoms with Crippen LogP contribution in [0.3, 0.4) is 0 Å². The molecular weight excluding hydrogens is 394 g/mol. The van der Waals surface area contributed by atoms with Gasteiger partial charge in [-0.15, -0.1) is 0 Å². The number of piperidine rings is 1. The van der Waals surface area contributed by atoms with E-state index in [1.54, 1.807) is 6.20 Å². The zero-order chi connectivity index (χ0) is 18.4. The van der Waals surface area contributed by atoms with Crippen LogP contribution in [-0.4, -0.2) is 41.3 Å². The smallest absolute Gasteiger partial charge is 0.253 e. The van der Waals surface area contributed by atoms with Crippen molar-refractivity contribution in [1.82, 2.24) is 15.2 Å². The summed E-state index contributed by atoms with van der Waals surface area (Å²) in [6, 6.07) is 13.2. The zero-order valence-corrected chi connectivity index (χ0v) is 16.1. The summed E-state index contributed by atoms with van der Waals surface area (Å²) in [5, 5.41) is 3.00. The lowest BCUT2D eigenvalue weighted by Gasteiger charge is -2.31. The first-order valence-electron chi connectivity index (χ1n) is 8.86. The molecule has 2 heterocycles. The molecule has 1 fully saturated rings. The standard InChI is InChI=1S/C20H22BrN3O2/c21-17-6-4-16(5-7-17)20(26)24-13-9-15(10-14-24)19(25)23-12-8-18-3-1-2-11-22-18/h1-7,11,15H,8-10,12-14H2,(H,23,25). The van der Waals surface area contributed by atoms with Gasteiger partial charge in [0.15, 0.2) is 0 Å². The molecule has 1 N–H and O–H groups in total. The summed E-state index contributed by atoms with van der Waals surface area (Å²) >= 11 is 3.38. The summed E-state index contributed by atoms with van der Waals surface area (Å²) < 4.78 is 0.954. The molecule has 136 valence electrons. The largest absolute Gasteiger partial charge is 0.355 e. The number of amides is 2. The highest BCUT2D eigenvalue weighted by Gasteiger charge is 2.27. The monoisotopic (exact) mass is 415 g/mol. The third-order valence-electron chi connectivity index (χ3n) is 4.65. The van der Waals surface area contributed by atoms with Crippen molar-refractivity contribution in [2.24, 2.45) is 5.92 Å². The van der Waals surface area contributed by atoms with Gasteiger partial charge < -0.3 is 10.2 Å². The summed E-state index contributed by atoms with van der Waals surface area (Å²) in [4.78, 5) is 30.9. The van der Waals surface area contributed by atoms with Crippen LogP contribution in [0.1, 0.15) is 28.9 Å². The average molecular weight is 416 g/mol. The van der Waals surface area contributed by atoms with Gasteiger partial charge >= 0.3 is 0 Å². The number of nitrogens with zero attached hydrogens (tertiary/aromatic N) is 2. The molecule has 1 aliphatic heterocycles. The van der Waals surface area contributed by atoms with Crippen LogP contribution in [0.5, 0.6) is 0 Å². The van der Waals surface area contributed by atoms with E-state index in [4.69, 9.17) is 0 Å². The van der Waals surface area contributed by atoms with E-state index in [9.17, 15) is 9.59 Å². The Kier molecular flexibility index (Phi) is 6.39. The van der Waals surface area contributed by atoms with E-state index in [0.29, 0.717) is 38.0 Å². The molecule has 6 heteroatoms. The molecular formula is C20H22BrN3O2. The van der Waals surface area contributed by atoms with Gasteiger partial charge in [-0.05, 0) is 49.2 Å². The third kappa shape index (κ3) is 4.91. The minimum Gasteiger partial charge on any atom is -0.355 e. The first-order chi connectivity index (χ1) is 12.6. The molecule has 2 aromatic rings. The number of likely N-dealkylation sites (tertiary alicyclic amines) is 1. The average Bonchev–Trinajstić information content (AvgIpc) is 2.69. The molecule has 26 heavy (non-hydrogen) atoms. The van der Waals surface area contributed by atoms with Gasteiger partial charge in [-0.3, -0.25) is 14.6 Å². The second-order valence-corrected chi connectivity index (χ2v) is 7.35. The molecule has 2 amide bonds. The van der Waals surface area contributed by atoms with Crippen LogP contribution in [0.25, 0.3) is 0 Å². The number of nitrogens with one attached hydrogen (secondary N) is 1. The Morgan fingerprint density at radius 2 is 1.85 bits per heavy atom. The second kappa shape index (κ2) is 8.94. The van der Waals surface area contributed by atoms with E-state index in [1.165, 1.54) is 0 Å². The Bertz CT molecular complexity index is 741. The molecule has 0 spiro atoms. The molecule has 1 aromatic heterocycles. The van der Waals surface area contributed by atoms with Crippen LogP contribution in [0.4, 0.5) is 0 Å². The van der Waals surface area contributed by atoms with E-state index in [2.05, 4.69) is 26.2 Å². The maximum absolute atomic E-state index is 12.5. The number of hydrogen-bond acceptors (Lipinski definition) is 3. The summed E-state index contributed by atoms with van der Waals surface area (Å²) in [7, 11) is 0. The van der Waals surface area contributed by atoms with E-state index in [0.717, 1.165) is 16.6 Å². The second-order valence-electron chi connectivity index (χ2n) is 6.44. The highest BCUT2D eigenvalue weighted by atomic mass is 79.9. The van der Waals surface area contributed by atoms with Crippen LogP contribution in [0.15, 0.2) is 53.1 Å². The number of pyridine rings is 1. The van der Waals surface area contributed by atoms with Crippen molar-refractivity contribution in [3.63, 3.8) is 0 Å². The molecule has 0 saturated carbocycles. The first-order valence-corrected chi connectivity index (χ1v) is 9.65. The zero-order valence-electron chi connectivity index (χ0n) is 14.5. The van der Waals surface area contributed by atoms with Crippen LogP contribution in [-0.2, 0) is 11.2 Å². The number of benzene rings is 1. The summed E-state index contributed by atoms with van der Waals surface area (Å²) in [5.41, 5.74) is 1.66. The number of aromatic nitrogens is 1. The maximum Gasteiger partial charge on any atom is 0.253 e. The van der Waals surface area contributed by atoms with Crippen molar-refractivity contribution in [2.45, 2.75) is 19.3 Å². The van der Waals surface area contributed by atoms with Crippen molar-refractivity contribution < 1.29 is 9.59 Å². The quantitative estimate of drug-likeness (QED) is 0.815. The number of carbonyl (C=O) groups excluding carboxylic acids is 2. The molecule has 0 unspecified atom stereocenters. The van der Waals surface area contributed by atoms with Crippen LogP contribution in [0, 0.1) is 5.92 Å². The highest BCUT2D eigenvalue weighted by molar-refractivity contribution is 9.10. The van der Waals surface area contributed by atoms with Crippen molar-refractivity contribution in [3.05, 3.63) is 64.4 Å². The minimum atomic E-state index is -0.0206. The van der Waals surface area contributed by atoms with Crippen LogP contribution in [0.2, 0.25) is 0 Å². The molecule has 1 saturated heterocycles. The van der Waals surface area contributed by atoms with E-state index in [1.807, 2.05) is 47.4 Å². The van der Waals surface area contributed by atoms with Gasteiger partial charge in [0.2, 0.25) is 5.91 Å². The molecule has 0 aliphatic carbocycles. The minimum absolute atomic E-state index is 0.0206. The molecule has 5 nitrogen and oxygen atoms in total. The van der Waals surface area contributed by atoms with E-state index >= 15 is 0 Å². The molecule has 1 aromatic carbocycles. The Balaban J connectivity index is 1.43. The Morgan fingerprint density at radius 3 is 2.50 bits per heavy atom. The fourth-order valence-corrected chi connectivity index (χ4v) is 3.39. The Hall–Kier alpha value is -2.21. The molecule has 3 rings (SSSR count). The number of carbonyl (C=O) groups is 2.